The Morgan fingerprint density at radius 3 is 2.72 bits per heavy atom. The third-order valence-electron chi connectivity index (χ3n) is 5.80. The summed E-state index contributed by atoms with van der Waals surface area (Å²) in [6.07, 6.45) is 4.15. The first-order valence-electron chi connectivity index (χ1n) is 9.51. The molecule has 2 aliphatic rings. The number of aromatic nitrogens is 2. The highest BCUT2D eigenvalue weighted by molar-refractivity contribution is 5.83. The van der Waals surface area contributed by atoms with Crippen molar-refractivity contribution in [2.24, 2.45) is 16.8 Å². The van der Waals surface area contributed by atoms with Gasteiger partial charge in [-0.3, -0.25) is 0 Å². The second-order valence-corrected chi connectivity index (χ2v) is 7.39. The minimum Gasteiger partial charge on any atom is -0.484 e. The van der Waals surface area contributed by atoms with Gasteiger partial charge in [0.2, 0.25) is 0 Å². The van der Waals surface area contributed by atoms with E-state index in [4.69, 9.17) is 14.8 Å². The molecule has 2 aromatic rings. The van der Waals surface area contributed by atoms with Crippen LogP contribution in [0, 0.1) is 11.8 Å². The van der Waals surface area contributed by atoms with Gasteiger partial charge >= 0.3 is 0 Å². The minimum atomic E-state index is -0.275. The minimum absolute atomic E-state index is 0.275. The summed E-state index contributed by atoms with van der Waals surface area (Å²) in [5.41, 5.74) is 2.07. The van der Waals surface area contributed by atoms with E-state index < -0.39 is 0 Å². The van der Waals surface area contributed by atoms with Crippen molar-refractivity contribution in [3.05, 3.63) is 30.0 Å². The molecule has 2 atom stereocenters. The highest BCUT2D eigenvalue weighted by atomic mass is 16.5. The summed E-state index contributed by atoms with van der Waals surface area (Å²) in [4.78, 5) is 5.18. The number of piperidine rings is 1. The molecule has 2 fully saturated rings. The van der Waals surface area contributed by atoms with Gasteiger partial charge in [0, 0.05) is 17.2 Å². The Morgan fingerprint density at radius 2 is 2.08 bits per heavy atom. The standard InChI is InChI=1S/C20H28N4O/c1-4-17-16-7-5-6-8-18(16)24(23-17)20(13-14(20)2)22-19(25-3)15-9-11-21-12-10-15/h5-8,14-15,21H,4,9-13H2,1-3H3/b22-19-. The summed E-state index contributed by atoms with van der Waals surface area (Å²) >= 11 is 0. The van der Waals surface area contributed by atoms with Gasteiger partial charge in [-0.15, -0.1) is 0 Å². The number of hydrogen-bond acceptors (Lipinski definition) is 4. The van der Waals surface area contributed by atoms with Crippen molar-refractivity contribution < 1.29 is 4.74 Å². The summed E-state index contributed by atoms with van der Waals surface area (Å²) in [6, 6.07) is 8.52. The van der Waals surface area contributed by atoms with Gasteiger partial charge < -0.3 is 10.1 Å². The van der Waals surface area contributed by atoms with E-state index in [0.29, 0.717) is 11.8 Å². The third kappa shape index (κ3) is 2.74. The number of ether oxygens (including phenoxy) is 1. The van der Waals surface area contributed by atoms with Crippen molar-refractivity contribution in [2.75, 3.05) is 20.2 Å². The van der Waals surface area contributed by atoms with Crippen molar-refractivity contribution >= 4 is 16.8 Å². The number of rotatable bonds is 4. The van der Waals surface area contributed by atoms with E-state index in [1.165, 1.54) is 10.9 Å². The molecule has 25 heavy (non-hydrogen) atoms. The quantitative estimate of drug-likeness (QED) is 0.686. The van der Waals surface area contributed by atoms with Crippen molar-refractivity contribution in [1.29, 1.82) is 0 Å². The first kappa shape index (κ1) is 16.6. The predicted molar refractivity (Wildman–Crippen MR) is 101 cm³/mol. The third-order valence-corrected chi connectivity index (χ3v) is 5.80. The first-order chi connectivity index (χ1) is 12.2. The molecule has 1 aliphatic heterocycles. The Hall–Kier alpha value is -1.88. The molecule has 5 heteroatoms. The fourth-order valence-corrected chi connectivity index (χ4v) is 4.14. The van der Waals surface area contributed by atoms with Crippen LogP contribution >= 0.6 is 0 Å². The van der Waals surface area contributed by atoms with E-state index in [0.717, 1.165) is 50.4 Å². The van der Waals surface area contributed by atoms with Crippen LogP contribution in [0.2, 0.25) is 0 Å². The van der Waals surface area contributed by atoms with Crippen LogP contribution in [0.3, 0.4) is 0 Å². The SMILES string of the molecule is CCc1nn(C2(/N=C(\OC)C3CCNCC3)CC2C)c2ccccc12. The molecule has 2 unspecified atom stereocenters. The molecule has 1 aromatic heterocycles. The van der Waals surface area contributed by atoms with Crippen LogP contribution in [0.4, 0.5) is 0 Å². The average Bonchev–Trinajstić information content (AvgIpc) is 3.15. The average molecular weight is 340 g/mol. The van der Waals surface area contributed by atoms with Gasteiger partial charge in [-0.25, -0.2) is 9.67 Å². The summed E-state index contributed by atoms with van der Waals surface area (Å²) in [7, 11) is 1.76. The van der Waals surface area contributed by atoms with E-state index in [1.807, 2.05) is 0 Å². The maximum atomic E-state index is 5.76. The number of benzene rings is 1. The van der Waals surface area contributed by atoms with Crippen molar-refractivity contribution in [3.63, 3.8) is 0 Å². The molecule has 0 spiro atoms. The van der Waals surface area contributed by atoms with E-state index in [-0.39, 0.29) is 5.66 Å². The van der Waals surface area contributed by atoms with E-state index in [2.05, 4.69) is 48.1 Å². The zero-order valence-corrected chi connectivity index (χ0v) is 15.5. The normalized spacial score (nSPS) is 27.6. The number of hydrogen-bond donors (Lipinski definition) is 1. The van der Waals surface area contributed by atoms with Crippen LogP contribution in [0.1, 0.15) is 38.8 Å². The van der Waals surface area contributed by atoms with Crippen LogP contribution in [-0.2, 0) is 16.8 Å². The molecule has 0 amide bonds. The maximum Gasteiger partial charge on any atom is 0.188 e. The van der Waals surface area contributed by atoms with E-state index in [9.17, 15) is 0 Å². The zero-order valence-electron chi connectivity index (χ0n) is 15.5. The van der Waals surface area contributed by atoms with Crippen LogP contribution in [0.15, 0.2) is 29.3 Å². The zero-order chi connectivity index (χ0) is 17.4. The monoisotopic (exact) mass is 340 g/mol. The van der Waals surface area contributed by atoms with E-state index in [1.54, 1.807) is 7.11 Å². The molecule has 1 saturated heterocycles. The van der Waals surface area contributed by atoms with Crippen LogP contribution < -0.4 is 5.32 Å². The maximum absolute atomic E-state index is 5.76. The summed E-state index contributed by atoms with van der Waals surface area (Å²) in [5, 5.41) is 9.64. The second kappa shape index (κ2) is 6.45. The summed E-state index contributed by atoms with van der Waals surface area (Å²) in [5.74, 6) is 1.80. The van der Waals surface area contributed by atoms with Gasteiger partial charge in [-0.2, -0.15) is 5.10 Å². The lowest BCUT2D eigenvalue weighted by Crippen LogP contribution is -2.34. The number of aliphatic imine (C=N–C) groups is 1. The molecular weight excluding hydrogens is 312 g/mol. The molecule has 1 N–H and O–H groups in total. The lowest BCUT2D eigenvalue weighted by molar-refractivity contribution is 0.315. The molecule has 0 radical (unpaired) electrons. The highest BCUT2D eigenvalue weighted by Gasteiger charge is 2.55. The number of fused-ring (bicyclic) bond motifs is 1. The van der Waals surface area contributed by atoms with Crippen LogP contribution in [0.25, 0.3) is 10.9 Å². The molecule has 1 aromatic carbocycles. The van der Waals surface area contributed by atoms with Gasteiger partial charge in [0.1, 0.15) is 0 Å². The topological polar surface area (TPSA) is 51.4 Å². The molecule has 4 rings (SSSR count). The van der Waals surface area contributed by atoms with Gasteiger partial charge in [0.25, 0.3) is 0 Å². The number of nitrogens with zero attached hydrogens (tertiary/aromatic N) is 3. The van der Waals surface area contributed by atoms with Crippen molar-refractivity contribution in [1.82, 2.24) is 15.1 Å². The van der Waals surface area contributed by atoms with Crippen molar-refractivity contribution in [3.8, 4) is 0 Å². The Bertz CT molecular complexity index is 790. The molecule has 5 nitrogen and oxygen atoms in total. The smallest absolute Gasteiger partial charge is 0.188 e. The highest BCUT2D eigenvalue weighted by Crippen LogP contribution is 2.53. The number of methoxy groups -OCH3 is 1. The van der Waals surface area contributed by atoms with Crippen LogP contribution in [-0.4, -0.2) is 35.9 Å². The fraction of sp³-hybridized carbons (Fsp3) is 0.600. The van der Waals surface area contributed by atoms with E-state index >= 15 is 0 Å². The van der Waals surface area contributed by atoms with Crippen molar-refractivity contribution in [2.45, 2.75) is 45.2 Å². The molecule has 134 valence electrons. The molecule has 0 bridgehead atoms. The Labute approximate surface area is 149 Å². The molecule has 1 saturated carbocycles. The lowest BCUT2D eigenvalue weighted by atomic mass is 9.98. The lowest BCUT2D eigenvalue weighted by Gasteiger charge is -2.25. The summed E-state index contributed by atoms with van der Waals surface area (Å²) in [6.45, 7) is 6.52. The number of nitrogens with one attached hydrogen (secondary N) is 1. The first-order valence-corrected chi connectivity index (χ1v) is 9.51. The second-order valence-electron chi connectivity index (χ2n) is 7.39. The molecule has 1 aliphatic carbocycles. The fourth-order valence-electron chi connectivity index (χ4n) is 4.14. The molecular formula is C20H28N4O. The summed E-state index contributed by atoms with van der Waals surface area (Å²) < 4.78 is 7.93. The van der Waals surface area contributed by atoms with Gasteiger partial charge in [-0.1, -0.05) is 32.0 Å². The largest absolute Gasteiger partial charge is 0.484 e. The number of para-hydroxylation sites is 1. The molecule has 2 heterocycles. The van der Waals surface area contributed by atoms with Gasteiger partial charge in [0.15, 0.2) is 11.6 Å². The van der Waals surface area contributed by atoms with Crippen LogP contribution in [0.5, 0.6) is 0 Å². The Kier molecular flexibility index (Phi) is 4.28. The Morgan fingerprint density at radius 1 is 1.36 bits per heavy atom. The Balaban J connectivity index is 1.78. The van der Waals surface area contributed by atoms with Gasteiger partial charge in [-0.05, 0) is 44.8 Å². The van der Waals surface area contributed by atoms with Gasteiger partial charge in [0.05, 0.1) is 18.3 Å². The predicted octanol–water partition coefficient (Wildman–Crippen LogP) is 3.34. The number of aryl methyl sites for hydroxylation is 1.